The number of carbonyl (C=O) groups is 1. The summed E-state index contributed by atoms with van der Waals surface area (Å²) >= 11 is 12.8. The molecule has 10 nitrogen and oxygen atoms in total. The van der Waals surface area contributed by atoms with Crippen LogP contribution in [0, 0.1) is 0 Å². The number of nitrogens with zero attached hydrogens (tertiary/aromatic N) is 1. The van der Waals surface area contributed by atoms with Crippen LogP contribution in [0.3, 0.4) is 0 Å². The first-order valence-electron chi connectivity index (χ1n) is 13.7. The monoisotopic (exact) mass is 630 g/mol. The maximum absolute atomic E-state index is 13.0. The molecule has 0 bridgehead atoms. The highest BCUT2D eigenvalue weighted by Crippen LogP contribution is 2.38. The molecule has 0 unspecified atom stereocenters. The van der Waals surface area contributed by atoms with Gasteiger partial charge in [-0.3, -0.25) is 0 Å². The number of carbonyl (C=O) groups excluding carboxylic acids is 1. The maximum Gasteiger partial charge on any atom is 0.314 e. The number of sulfonamides is 1. The Kier molecular flexibility index (Phi) is 14.1. The molecule has 0 radical (unpaired) electrons. The summed E-state index contributed by atoms with van der Waals surface area (Å²) in [4.78, 5) is 13.7. The smallest absolute Gasteiger partial charge is 0.314 e. The lowest BCUT2D eigenvalue weighted by atomic mass is 9.85. The van der Waals surface area contributed by atoms with Crippen molar-refractivity contribution in [2.24, 2.45) is 0 Å². The number of benzene rings is 2. The highest BCUT2D eigenvalue weighted by Gasteiger charge is 2.28. The molecule has 3 rings (SSSR count). The molecule has 2 aromatic rings. The fourth-order valence-corrected chi connectivity index (χ4v) is 6.08. The molecule has 0 spiro atoms. The first-order chi connectivity index (χ1) is 19.7. The van der Waals surface area contributed by atoms with Gasteiger partial charge in [-0.1, -0.05) is 42.3 Å². The molecule has 2 amide bonds. The van der Waals surface area contributed by atoms with Gasteiger partial charge < -0.3 is 29.7 Å². The van der Waals surface area contributed by atoms with Gasteiger partial charge in [-0.2, -0.15) is 0 Å². The molecule has 0 aliphatic carbocycles. The number of ether oxygens (including phenoxy) is 3. The van der Waals surface area contributed by atoms with Crippen molar-refractivity contribution in [3.8, 4) is 0 Å². The summed E-state index contributed by atoms with van der Waals surface area (Å²) in [6, 6.07) is 10.4. The van der Waals surface area contributed by atoms with Crippen LogP contribution in [0.25, 0.3) is 0 Å². The molecule has 228 valence electrons. The van der Waals surface area contributed by atoms with Crippen molar-refractivity contribution in [1.29, 1.82) is 0 Å². The number of rotatable bonds is 17. The van der Waals surface area contributed by atoms with Gasteiger partial charge in [0.05, 0.1) is 44.5 Å². The van der Waals surface area contributed by atoms with Gasteiger partial charge in [0.2, 0.25) is 10.0 Å². The predicted molar refractivity (Wildman–Crippen MR) is 160 cm³/mol. The maximum atomic E-state index is 13.0. The van der Waals surface area contributed by atoms with E-state index in [2.05, 4.69) is 20.3 Å². The van der Waals surface area contributed by atoms with E-state index >= 15 is 0 Å². The van der Waals surface area contributed by atoms with Gasteiger partial charge in [0.1, 0.15) is 0 Å². The number of likely N-dealkylation sites (N-methyl/N-ethyl adjacent to an activating group) is 1. The van der Waals surface area contributed by atoms with Gasteiger partial charge in [-0.15, -0.1) is 0 Å². The van der Waals surface area contributed by atoms with Crippen LogP contribution in [0.2, 0.25) is 10.0 Å². The van der Waals surface area contributed by atoms with Crippen molar-refractivity contribution in [2.45, 2.75) is 30.7 Å². The van der Waals surface area contributed by atoms with Crippen molar-refractivity contribution < 1.29 is 27.4 Å². The Bertz CT molecular complexity index is 1230. The summed E-state index contributed by atoms with van der Waals surface area (Å²) in [6.45, 7) is 6.72. The molecule has 1 heterocycles. The lowest BCUT2D eigenvalue weighted by Gasteiger charge is -2.33. The largest absolute Gasteiger partial charge is 0.378 e. The average molecular weight is 632 g/mol. The molecular formula is C28H40Cl2N4O6S. The number of amides is 2. The third kappa shape index (κ3) is 11.0. The molecule has 41 heavy (non-hydrogen) atoms. The molecule has 0 saturated heterocycles. The number of halogens is 2. The molecular weight excluding hydrogens is 591 g/mol. The van der Waals surface area contributed by atoms with Gasteiger partial charge in [0, 0.05) is 48.7 Å². The minimum atomic E-state index is -3.73. The number of hydrogen-bond acceptors (Lipinski definition) is 7. The van der Waals surface area contributed by atoms with Crippen molar-refractivity contribution in [2.75, 3.05) is 72.9 Å². The summed E-state index contributed by atoms with van der Waals surface area (Å²) in [5.74, 6) is -0.0578. The van der Waals surface area contributed by atoms with E-state index < -0.39 is 10.0 Å². The summed E-state index contributed by atoms with van der Waals surface area (Å²) in [6.07, 6.45) is 0.886. The van der Waals surface area contributed by atoms with Crippen LogP contribution >= 0.6 is 23.2 Å². The highest BCUT2D eigenvalue weighted by atomic mass is 35.5. The topological polar surface area (TPSA) is 118 Å². The number of hydrogen-bond donors (Lipinski definition) is 3. The molecule has 0 fully saturated rings. The van der Waals surface area contributed by atoms with Crippen LogP contribution in [0.1, 0.15) is 36.0 Å². The second kappa shape index (κ2) is 17.2. The standard InChI is InChI=1S/C28H40Cl2N4O6S/c1-3-7-31-28(35)32-8-10-38-12-14-40-15-13-39-11-9-33-41(36,37)23-6-4-5-21(16-23)25-19-34(2)20-26-24(25)17-22(29)18-27(26)30/h4-6,16-18,25,33H,3,7-15,19-20H2,1-2H3,(H2,31,32,35)/t25-/m0/s1. The van der Waals surface area contributed by atoms with Crippen LogP contribution in [0.4, 0.5) is 4.79 Å². The van der Waals surface area contributed by atoms with Crippen molar-refractivity contribution >= 4 is 39.3 Å². The summed E-state index contributed by atoms with van der Waals surface area (Å²) in [5.41, 5.74) is 2.91. The third-order valence-electron chi connectivity index (χ3n) is 6.41. The fourth-order valence-electron chi connectivity index (χ4n) is 4.44. The van der Waals surface area contributed by atoms with E-state index in [1.54, 1.807) is 24.3 Å². The normalized spacial score (nSPS) is 15.5. The zero-order chi connectivity index (χ0) is 29.7. The zero-order valence-corrected chi connectivity index (χ0v) is 25.9. The van der Waals surface area contributed by atoms with Gasteiger partial charge in [0.15, 0.2) is 0 Å². The van der Waals surface area contributed by atoms with Gasteiger partial charge in [-0.05, 0) is 54.4 Å². The Balaban J connectivity index is 1.35. The second-order valence-corrected chi connectivity index (χ2v) is 12.3. The van der Waals surface area contributed by atoms with E-state index in [-0.39, 0.29) is 30.0 Å². The molecule has 1 atom stereocenters. The van der Waals surface area contributed by atoms with Crippen molar-refractivity contribution in [3.63, 3.8) is 0 Å². The van der Waals surface area contributed by atoms with E-state index in [9.17, 15) is 13.2 Å². The Morgan fingerprint density at radius 3 is 2.32 bits per heavy atom. The molecule has 1 aliphatic heterocycles. The Labute approximate surface area is 253 Å². The first kappa shape index (κ1) is 33.5. The molecule has 0 saturated carbocycles. The van der Waals surface area contributed by atoms with E-state index in [0.717, 1.165) is 29.7 Å². The highest BCUT2D eigenvalue weighted by molar-refractivity contribution is 7.89. The molecule has 1 aliphatic rings. The third-order valence-corrected chi connectivity index (χ3v) is 8.43. The number of nitrogens with one attached hydrogen (secondary N) is 3. The van der Waals surface area contributed by atoms with Crippen molar-refractivity contribution in [3.05, 3.63) is 63.1 Å². The molecule has 0 aromatic heterocycles. The van der Waals surface area contributed by atoms with E-state index in [1.807, 2.05) is 26.1 Å². The first-order valence-corrected chi connectivity index (χ1v) is 16.0. The summed E-state index contributed by atoms with van der Waals surface area (Å²) in [7, 11) is -1.71. The Morgan fingerprint density at radius 2 is 1.61 bits per heavy atom. The van der Waals surface area contributed by atoms with Gasteiger partial charge >= 0.3 is 6.03 Å². The molecule has 13 heteroatoms. The Hall–Kier alpha value is -1.96. The zero-order valence-electron chi connectivity index (χ0n) is 23.6. The average Bonchev–Trinajstić information content (AvgIpc) is 2.94. The lowest BCUT2D eigenvalue weighted by molar-refractivity contribution is 0.0165. The van der Waals surface area contributed by atoms with Crippen LogP contribution < -0.4 is 15.4 Å². The summed E-state index contributed by atoms with van der Waals surface area (Å²) < 4.78 is 44.9. The lowest BCUT2D eigenvalue weighted by Crippen LogP contribution is -2.37. The number of urea groups is 1. The SMILES string of the molecule is CCCNC(=O)NCCOCCOCCOCCNS(=O)(=O)c1cccc([C@@H]2CN(C)Cc3c(Cl)cc(Cl)cc32)c1. The Morgan fingerprint density at radius 1 is 0.951 bits per heavy atom. The predicted octanol–water partition coefficient (Wildman–Crippen LogP) is 3.61. The van der Waals surface area contributed by atoms with Crippen LogP contribution in [0.5, 0.6) is 0 Å². The minimum Gasteiger partial charge on any atom is -0.378 e. The van der Waals surface area contributed by atoms with Crippen LogP contribution in [-0.2, 0) is 30.8 Å². The van der Waals surface area contributed by atoms with E-state index in [1.165, 1.54) is 0 Å². The second-order valence-electron chi connectivity index (χ2n) is 9.69. The molecule has 3 N–H and O–H groups in total. The van der Waals surface area contributed by atoms with Crippen LogP contribution in [-0.4, -0.2) is 92.2 Å². The van der Waals surface area contributed by atoms with Gasteiger partial charge in [-0.25, -0.2) is 17.9 Å². The minimum absolute atomic E-state index is 0.0578. The fraction of sp³-hybridized carbons (Fsp3) is 0.536. The van der Waals surface area contributed by atoms with E-state index in [4.69, 9.17) is 37.4 Å². The quantitative estimate of drug-likeness (QED) is 0.229. The van der Waals surface area contributed by atoms with E-state index in [0.29, 0.717) is 62.7 Å². The summed E-state index contributed by atoms with van der Waals surface area (Å²) in [5, 5.41) is 6.60. The number of fused-ring (bicyclic) bond motifs is 1. The van der Waals surface area contributed by atoms with Gasteiger partial charge in [0.25, 0.3) is 0 Å². The van der Waals surface area contributed by atoms with Crippen LogP contribution in [0.15, 0.2) is 41.3 Å². The van der Waals surface area contributed by atoms with Crippen molar-refractivity contribution in [1.82, 2.24) is 20.3 Å². The molecule has 2 aromatic carbocycles.